The number of oxime groups is 1. The Balaban J connectivity index is 3.12. The molecule has 0 bridgehead atoms. The maximum atomic E-state index is 11.7. The number of hydrogen-bond acceptors (Lipinski definition) is 5. The van der Waals surface area contributed by atoms with Gasteiger partial charge in [-0.15, -0.1) is 0 Å². The van der Waals surface area contributed by atoms with Crippen LogP contribution < -0.4 is 0 Å². The minimum Gasteiger partial charge on any atom is -0.504 e. The molecule has 0 atom stereocenters. The minimum absolute atomic E-state index is 0.388. The second-order valence-corrected chi connectivity index (χ2v) is 4.37. The van der Waals surface area contributed by atoms with E-state index in [9.17, 15) is 4.79 Å². The largest absolute Gasteiger partial charge is 0.504 e. The van der Waals surface area contributed by atoms with Crippen LogP contribution in [0.15, 0.2) is 35.2 Å². The Hall–Kier alpha value is -2.30. The Morgan fingerprint density at radius 3 is 2.65 bits per heavy atom. The van der Waals surface area contributed by atoms with E-state index >= 15 is 0 Å². The lowest BCUT2D eigenvalue weighted by molar-refractivity contribution is -0.136. The van der Waals surface area contributed by atoms with Crippen LogP contribution in [0.5, 0.6) is 0 Å². The number of aryl methyl sites for hydroxylation is 1. The lowest BCUT2D eigenvalue weighted by Gasteiger charge is -2.10. The Bertz CT molecular complexity index is 547. The third-order valence-corrected chi connectivity index (χ3v) is 3.01. The molecule has 0 saturated heterocycles. The number of rotatable bonds is 5. The van der Waals surface area contributed by atoms with Crippen LogP contribution in [0, 0.1) is 6.92 Å². The first-order chi connectivity index (χ1) is 9.53. The van der Waals surface area contributed by atoms with Gasteiger partial charge in [0, 0.05) is 6.42 Å². The summed E-state index contributed by atoms with van der Waals surface area (Å²) in [7, 11) is 2.81. The molecule has 5 nitrogen and oxygen atoms in total. The number of benzene rings is 1. The van der Waals surface area contributed by atoms with Gasteiger partial charge in [-0.25, -0.2) is 4.79 Å². The molecule has 0 aliphatic heterocycles. The number of carbonyl (C=O) groups excluding carboxylic acids is 1. The predicted octanol–water partition coefficient (Wildman–Crippen LogP) is 2.44. The summed E-state index contributed by atoms with van der Waals surface area (Å²) < 4.78 is 9.64. The van der Waals surface area contributed by atoms with Crippen LogP contribution in [0.4, 0.5) is 0 Å². The van der Waals surface area contributed by atoms with Crippen molar-refractivity contribution in [1.29, 1.82) is 0 Å². The molecule has 0 radical (unpaired) electrons. The molecule has 108 valence electrons. The van der Waals surface area contributed by atoms with E-state index in [1.165, 1.54) is 20.5 Å². The molecule has 1 aromatic rings. The van der Waals surface area contributed by atoms with Gasteiger partial charge in [0.25, 0.3) is 0 Å². The molecular weight excluding hydrogens is 258 g/mol. The maximum absolute atomic E-state index is 11.7. The van der Waals surface area contributed by atoms with Crippen molar-refractivity contribution in [3.8, 4) is 0 Å². The van der Waals surface area contributed by atoms with Crippen molar-refractivity contribution < 1.29 is 19.5 Å². The van der Waals surface area contributed by atoms with Crippen LogP contribution in [0.3, 0.4) is 0 Å². The SMILES string of the molecule is CO/C=C(\Cc1cc(/C(C)=N/O)ccc1C)C(=O)OC. The van der Waals surface area contributed by atoms with Gasteiger partial charge in [-0.1, -0.05) is 17.3 Å². The van der Waals surface area contributed by atoms with E-state index in [0.29, 0.717) is 17.7 Å². The maximum Gasteiger partial charge on any atom is 0.337 e. The van der Waals surface area contributed by atoms with Gasteiger partial charge in [0.2, 0.25) is 0 Å². The molecule has 1 rings (SSSR count). The van der Waals surface area contributed by atoms with Crippen molar-refractivity contribution in [3.63, 3.8) is 0 Å². The van der Waals surface area contributed by atoms with Gasteiger partial charge >= 0.3 is 5.97 Å². The Morgan fingerprint density at radius 2 is 2.10 bits per heavy atom. The van der Waals surface area contributed by atoms with Gasteiger partial charge < -0.3 is 14.7 Å². The Morgan fingerprint density at radius 1 is 1.40 bits per heavy atom. The third kappa shape index (κ3) is 3.85. The lowest BCUT2D eigenvalue weighted by Crippen LogP contribution is -2.09. The molecule has 0 spiro atoms. The molecule has 0 fully saturated rings. The van der Waals surface area contributed by atoms with Gasteiger partial charge in [-0.2, -0.15) is 0 Å². The molecule has 0 aliphatic rings. The minimum atomic E-state index is -0.427. The van der Waals surface area contributed by atoms with E-state index in [4.69, 9.17) is 14.7 Å². The Kier molecular flexibility index (Phi) is 5.77. The quantitative estimate of drug-likeness (QED) is 0.224. The highest BCUT2D eigenvalue weighted by molar-refractivity contribution is 5.98. The van der Waals surface area contributed by atoms with Gasteiger partial charge in [0.1, 0.15) is 0 Å². The normalized spacial score (nSPS) is 12.2. The Labute approximate surface area is 118 Å². The zero-order chi connectivity index (χ0) is 15.1. The molecule has 0 amide bonds. The monoisotopic (exact) mass is 277 g/mol. The molecule has 0 unspecified atom stereocenters. The average Bonchev–Trinajstić information content (AvgIpc) is 2.47. The van der Waals surface area contributed by atoms with Crippen LogP contribution >= 0.6 is 0 Å². The van der Waals surface area contributed by atoms with Crippen molar-refractivity contribution in [3.05, 3.63) is 46.7 Å². The zero-order valence-corrected chi connectivity index (χ0v) is 12.1. The van der Waals surface area contributed by atoms with Crippen molar-refractivity contribution in [1.82, 2.24) is 0 Å². The van der Waals surface area contributed by atoms with Crippen LogP contribution in [-0.2, 0) is 20.7 Å². The first-order valence-corrected chi connectivity index (χ1v) is 6.12. The van der Waals surface area contributed by atoms with Crippen LogP contribution in [0.1, 0.15) is 23.6 Å². The number of esters is 1. The average molecular weight is 277 g/mol. The fourth-order valence-electron chi connectivity index (χ4n) is 1.79. The fraction of sp³-hybridized carbons (Fsp3) is 0.333. The van der Waals surface area contributed by atoms with Gasteiger partial charge in [-0.3, -0.25) is 0 Å². The van der Waals surface area contributed by atoms with E-state index in [2.05, 4.69) is 5.16 Å². The molecule has 1 N–H and O–H groups in total. The summed E-state index contributed by atoms with van der Waals surface area (Å²) in [6.07, 6.45) is 1.77. The number of methoxy groups -OCH3 is 2. The molecule has 0 heterocycles. The van der Waals surface area contributed by atoms with Crippen molar-refractivity contribution >= 4 is 11.7 Å². The summed E-state index contributed by atoms with van der Waals surface area (Å²) in [5.74, 6) is -0.427. The van der Waals surface area contributed by atoms with E-state index in [0.717, 1.165) is 16.7 Å². The topological polar surface area (TPSA) is 68.1 Å². The predicted molar refractivity (Wildman–Crippen MR) is 76.0 cm³/mol. The summed E-state index contributed by atoms with van der Waals surface area (Å²) in [6, 6.07) is 5.67. The summed E-state index contributed by atoms with van der Waals surface area (Å²) in [6.45, 7) is 3.66. The van der Waals surface area contributed by atoms with Crippen LogP contribution in [-0.4, -0.2) is 31.1 Å². The number of hydrogen-bond donors (Lipinski definition) is 1. The highest BCUT2D eigenvalue weighted by Gasteiger charge is 2.13. The van der Waals surface area contributed by atoms with Crippen molar-refractivity contribution in [2.45, 2.75) is 20.3 Å². The first kappa shape index (κ1) is 15.8. The molecular formula is C15H19NO4. The number of nitrogens with zero attached hydrogens (tertiary/aromatic N) is 1. The second-order valence-electron chi connectivity index (χ2n) is 4.37. The van der Waals surface area contributed by atoms with Gasteiger partial charge in [0.15, 0.2) is 0 Å². The summed E-state index contributed by atoms with van der Waals surface area (Å²) in [5, 5.41) is 12.0. The first-order valence-electron chi connectivity index (χ1n) is 6.12. The molecule has 0 aromatic heterocycles. The molecule has 1 aromatic carbocycles. The van der Waals surface area contributed by atoms with Crippen LogP contribution in [0.25, 0.3) is 0 Å². The highest BCUT2D eigenvalue weighted by atomic mass is 16.5. The summed E-state index contributed by atoms with van der Waals surface area (Å²) in [4.78, 5) is 11.7. The zero-order valence-electron chi connectivity index (χ0n) is 12.1. The van der Waals surface area contributed by atoms with Gasteiger partial charge in [-0.05, 0) is 36.6 Å². The third-order valence-electron chi connectivity index (χ3n) is 3.01. The van der Waals surface area contributed by atoms with E-state index < -0.39 is 5.97 Å². The summed E-state index contributed by atoms with van der Waals surface area (Å²) >= 11 is 0. The van der Waals surface area contributed by atoms with E-state index in [1.807, 2.05) is 25.1 Å². The molecule has 5 heteroatoms. The number of ether oxygens (including phenoxy) is 2. The molecule has 20 heavy (non-hydrogen) atoms. The van der Waals surface area contributed by atoms with Crippen LogP contribution in [0.2, 0.25) is 0 Å². The standard InChI is InChI=1S/C15H19NO4/c1-10-5-6-12(11(2)16-18)7-13(10)8-14(9-19-3)15(17)20-4/h5-7,9,18H,8H2,1-4H3/b14-9+,16-11+. The van der Waals surface area contributed by atoms with E-state index in [-0.39, 0.29) is 0 Å². The van der Waals surface area contributed by atoms with Crippen molar-refractivity contribution in [2.75, 3.05) is 14.2 Å². The van der Waals surface area contributed by atoms with Gasteiger partial charge in [0.05, 0.1) is 31.8 Å². The smallest absolute Gasteiger partial charge is 0.337 e. The second kappa shape index (κ2) is 7.33. The molecule has 0 aliphatic carbocycles. The highest BCUT2D eigenvalue weighted by Crippen LogP contribution is 2.17. The fourth-order valence-corrected chi connectivity index (χ4v) is 1.79. The summed E-state index contributed by atoms with van der Waals surface area (Å²) in [5.41, 5.74) is 3.72. The molecule has 0 saturated carbocycles. The number of carbonyl (C=O) groups is 1. The van der Waals surface area contributed by atoms with Crippen molar-refractivity contribution in [2.24, 2.45) is 5.16 Å². The lowest BCUT2D eigenvalue weighted by atomic mass is 9.97. The van der Waals surface area contributed by atoms with E-state index in [1.54, 1.807) is 6.92 Å².